The molecule has 132 valence electrons. The van der Waals surface area contributed by atoms with Crippen molar-refractivity contribution in [3.05, 3.63) is 65.1 Å². The molecule has 4 nitrogen and oxygen atoms in total. The molecule has 26 heavy (non-hydrogen) atoms. The molecule has 3 aromatic rings. The summed E-state index contributed by atoms with van der Waals surface area (Å²) in [5.74, 6) is 0.623. The summed E-state index contributed by atoms with van der Waals surface area (Å²) in [5, 5.41) is 2.06. The Bertz CT molecular complexity index is 1040. The van der Waals surface area contributed by atoms with Gasteiger partial charge in [-0.15, -0.1) is 0 Å². The second-order valence-electron chi connectivity index (χ2n) is 7.69. The number of ether oxygens (including phenoxy) is 1. The molecule has 0 spiro atoms. The van der Waals surface area contributed by atoms with E-state index in [0.29, 0.717) is 35.5 Å². The molecule has 0 unspecified atom stereocenters. The number of hydrogen-bond acceptors (Lipinski definition) is 4. The number of fused-ring (bicyclic) bond motifs is 2. The minimum atomic E-state index is -0.571. The number of Topliss-reactive ketones (excluding diaryl/α,β-unsaturated/α-hetero) is 1. The van der Waals surface area contributed by atoms with Gasteiger partial charge in [-0.3, -0.25) is 4.79 Å². The third-order valence-electron chi connectivity index (χ3n) is 4.89. The monoisotopic (exact) mass is 348 g/mol. The van der Waals surface area contributed by atoms with Gasteiger partial charge in [-0.2, -0.15) is 0 Å². The molecule has 2 aromatic carbocycles. The molecule has 0 fully saturated rings. The number of furan rings is 1. The molecular weight excluding hydrogens is 328 g/mol. The highest BCUT2D eigenvalue weighted by atomic mass is 16.5. The van der Waals surface area contributed by atoms with Crippen molar-refractivity contribution in [3.8, 4) is 5.75 Å². The lowest BCUT2D eigenvalue weighted by Crippen LogP contribution is -2.26. The van der Waals surface area contributed by atoms with Crippen LogP contribution in [0.1, 0.15) is 52.5 Å². The standard InChI is InChI=1S/C22H20O4/c1-13-19-17(23)11-22(2,3)12-18(19)26-20(13)21(24)25-16-9-8-14-6-4-5-7-15(14)10-16/h4-10H,11-12H2,1-3H3. The van der Waals surface area contributed by atoms with Gasteiger partial charge in [-0.25, -0.2) is 4.79 Å². The number of benzene rings is 2. The SMILES string of the molecule is Cc1c(C(=O)Oc2ccc3ccccc3c2)oc2c1C(=O)CC(C)(C)C2. The van der Waals surface area contributed by atoms with Gasteiger partial charge < -0.3 is 9.15 Å². The van der Waals surface area contributed by atoms with Crippen molar-refractivity contribution in [2.75, 3.05) is 0 Å². The summed E-state index contributed by atoms with van der Waals surface area (Å²) < 4.78 is 11.3. The predicted octanol–water partition coefficient (Wildman–Crippen LogP) is 5.12. The van der Waals surface area contributed by atoms with Gasteiger partial charge in [-0.05, 0) is 35.2 Å². The highest BCUT2D eigenvalue weighted by Gasteiger charge is 2.37. The molecule has 1 aromatic heterocycles. The highest BCUT2D eigenvalue weighted by molar-refractivity contribution is 6.03. The van der Waals surface area contributed by atoms with Gasteiger partial charge in [0.1, 0.15) is 11.5 Å². The molecule has 0 atom stereocenters. The molecule has 0 saturated carbocycles. The Hall–Kier alpha value is -2.88. The van der Waals surface area contributed by atoms with Crippen molar-refractivity contribution < 1.29 is 18.7 Å². The lowest BCUT2D eigenvalue weighted by atomic mass is 9.76. The van der Waals surface area contributed by atoms with E-state index in [1.165, 1.54) is 0 Å². The average Bonchev–Trinajstić information content (AvgIpc) is 2.90. The maximum Gasteiger partial charge on any atom is 0.379 e. The van der Waals surface area contributed by atoms with Crippen molar-refractivity contribution in [2.45, 2.75) is 33.6 Å². The van der Waals surface area contributed by atoms with Gasteiger partial charge in [0.2, 0.25) is 5.76 Å². The van der Waals surface area contributed by atoms with Crippen LogP contribution in [0.15, 0.2) is 46.9 Å². The quantitative estimate of drug-likeness (QED) is 0.477. The first kappa shape index (κ1) is 16.6. The first-order valence-electron chi connectivity index (χ1n) is 8.70. The van der Waals surface area contributed by atoms with Crippen LogP contribution in [-0.2, 0) is 6.42 Å². The second kappa shape index (κ2) is 5.84. The fraction of sp³-hybridized carbons (Fsp3) is 0.273. The zero-order valence-electron chi connectivity index (χ0n) is 15.1. The molecule has 0 radical (unpaired) electrons. The summed E-state index contributed by atoms with van der Waals surface area (Å²) >= 11 is 0. The second-order valence-corrected chi connectivity index (χ2v) is 7.69. The fourth-order valence-electron chi connectivity index (χ4n) is 3.66. The molecule has 0 saturated heterocycles. The van der Waals surface area contributed by atoms with Crippen LogP contribution in [0.25, 0.3) is 10.8 Å². The van der Waals surface area contributed by atoms with Crippen LogP contribution in [0.2, 0.25) is 0 Å². The van der Waals surface area contributed by atoms with E-state index in [-0.39, 0.29) is 17.0 Å². The molecule has 1 aliphatic rings. The molecule has 0 N–H and O–H groups in total. The van der Waals surface area contributed by atoms with Crippen LogP contribution >= 0.6 is 0 Å². The van der Waals surface area contributed by atoms with E-state index in [1.807, 2.05) is 50.2 Å². The van der Waals surface area contributed by atoms with Crippen LogP contribution in [0.4, 0.5) is 0 Å². The summed E-state index contributed by atoms with van der Waals surface area (Å²) in [4.78, 5) is 25.1. The maximum absolute atomic E-state index is 12.6. The summed E-state index contributed by atoms with van der Waals surface area (Å²) in [5.41, 5.74) is 0.967. The fourth-order valence-corrected chi connectivity index (χ4v) is 3.66. The lowest BCUT2D eigenvalue weighted by molar-refractivity contribution is 0.0695. The Morgan fingerprint density at radius 3 is 2.58 bits per heavy atom. The number of rotatable bonds is 2. The van der Waals surface area contributed by atoms with Crippen molar-refractivity contribution in [1.82, 2.24) is 0 Å². The Balaban J connectivity index is 1.65. The summed E-state index contributed by atoms with van der Waals surface area (Å²) in [6, 6.07) is 13.3. The maximum atomic E-state index is 12.6. The van der Waals surface area contributed by atoms with Gasteiger partial charge in [0.05, 0.1) is 5.56 Å². The Morgan fingerprint density at radius 2 is 1.81 bits per heavy atom. The van der Waals surface area contributed by atoms with Crippen molar-refractivity contribution >= 4 is 22.5 Å². The van der Waals surface area contributed by atoms with Crippen molar-refractivity contribution in [3.63, 3.8) is 0 Å². The van der Waals surface area contributed by atoms with E-state index in [9.17, 15) is 9.59 Å². The van der Waals surface area contributed by atoms with Crippen molar-refractivity contribution in [2.24, 2.45) is 5.41 Å². The van der Waals surface area contributed by atoms with Gasteiger partial charge in [0, 0.05) is 18.4 Å². The molecule has 4 heteroatoms. The van der Waals surface area contributed by atoms with Gasteiger partial charge in [0.15, 0.2) is 5.78 Å². The Kier molecular flexibility index (Phi) is 3.72. The summed E-state index contributed by atoms with van der Waals surface area (Å²) in [7, 11) is 0. The minimum Gasteiger partial charge on any atom is -0.453 e. The first-order valence-corrected chi connectivity index (χ1v) is 8.70. The van der Waals surface area contributed by atoms with Crippen LogP contribution < -0.4 is 4.74 Å². The molecule has 4 rings (SSSR count). The molecule has 0 aliphatic heterocycles. The summed E-state index contributed by atoms with van der Waals surface area (Å²) in [6.07, 6.45) is 1.09. The average molecular weight is 348 g/mol. The van der Waals surface area contributed by atoms with Crippen LogP contribution in [0, 0.1) is 12.3 Å². The summed E-state index contributed by atoms with van der Waals surface area (Å²) in [6.45, 7) is 5.80. The predicted molar refractivity (Wildman–Crippen MR) is 98.8 cm³/mol. The van der Waals surface area contributed by atoms with E-state index in [1.54, 1.807) is 13.0 Å². The molecule has 1 aliphatic carbocycles. The minimum absolute atomic E-state index is 0.0299. The molecule has 1 heterocycles. The van der Waals surface area contributed by atoms with Gasteiger partial charge in [0.25, 0.3) is 0 Å². The third-order valence-corrected chi connectivity index (χ3v) is 4.89. The van der Waals surface area contributed by atoms with E-state index in [2.05, 4.69) is 0 Å². The molecule has 0 bridgehead atoms. The smallest absolute Gasteiger partial charge is 0.379 e. The Morgan fingerprint density at radius 1 is 1.08 bits per heavy atom. The number of carbonyl (C=O) groups is 2. The normalized spacial score (nSPS) is 15.7. The zero-order chi connectivity index (χ0) is 18.5. The van der Waals surface area contributed by atoms with E-state index in [0.717, 1.165) is 10.8 Å². The lowest BCUT2D eigenvalue weighted by Gasteiger charge is -2.27. The van der Waals surface area contributed by atoms with E-state index < -0.39 is 5.97 Å². The Labute approximate surface area is 151 Å². The van der Waals surface area contributed by atoms with Crippen LogP contribution in [0.5, 0.6) is 5.75 Å². The number of carbonyl (C=O) groups excluding carboxylic acids is 2. The first-order chi connectivity index (χ1) is 12.3. The zero-order valence-corrected chi connectivity index (χ0v) is 15.1. The molecular formula is C22H20O4. The third kappa shape index (κ3) is 2.81. The van der Waals surface area contributed by atoms with Crippen molar-refractivity contribution in [1.29, 1.82) is 0 Å². The van der Waals surface area contributed by atoms with Gasteiger partial charge >= 0.3 is 5.97 Å². The van der Waals surface area contributed by atoms with E-state index in [4.69, 9.17) is 9.15 Å². The number of ketones is 1. The molecule has 0 amide bonds. The topological polar surface area (TPSA) is 56.5 Å². The van der Waals surface area contributed by atoms with Gasteiger partial charge in [-0.1, -0.05) is 44.2 Å². The van der Waals surface area contributed by atoms with Crippen LogP contribution in [-0.4, -0.2) is 11.8 Å². The van der Waals surface area contributed by atoms with E-state index >= 15 is 0 Å². The number of esters is 1. The number of hydrogen-bond donors (Lipinski definition) is 0. The highest BCUT2D eigenvalue weighted by Crippen LogP contribution is 2.38. The van der Waals surface area contributed by atoms with Crippen LogP contribution in [0.3, 0.4) is 0 Å². The largest absolute Gasteiger partial charge is 0.453 e.